The lowest BCUT2D eigenvalue weighted by Gasteiger charge is -2.31. The molecule has 0 atom stereocenters. The Morgan fingerprint density at radius 3 is 2.16 bits per heavy atom. The fourth-order valence-corrected chi connectivity index (χ4v) is 4.07. The number of hydrogen-bond donors (Lipinski definition) is 1. The summed E-state index contributed by atoms with van der Waals surface area (Å²) < 4.78 is 27.2. The molecule has 1 aliphatic heterocycles. The number of benzene rings is 3. The molecule has 0 spiro atoms. The summed E-state index contributed by atoms with van der Waals surface area (Å²) in [5.74, 6) is -3.69. The van der Waals surface area contributed by atoms with E-state index in [4.69, 9.17) is 0 Å². The molecule has 0 saturated carbocycles. The van der Waals surface area contributed by atoms with E-state index in [1.54, 1.807) is 0 Å². The Labute approximate surface area is 185 Å². The van der Waals surface area contributed by atoms with Gasteiger partial charge in [-0.15, -0.1) is 0 Å². The van der Waals surface area contributed by atoms with Crippen LogP contribution in [0.2, 0.25) is 0 Å². The smallest absolute Gasteiger partial charge is 0.256 e. The highest BCUT2D eigenvalue weighted by atomic mass is 19.1. The summed E-state index contributed by atoms with van der Waals surface area (Å²) in [6, 6.07) is 19.0. The predicted molar refractivity (Wildman–Crippen MR) is 117 cm³/mol. The maximum atomic E-state index is 14.0. The molecule has 6 heteroatoms. The quantitative estimate of drug-likeness (QED) is 0.574. The Morgan fingerprint density at radius 2 is 1.50 bits per heavy atom. The molecule has 164 valence electrons. The molecule has 1 fully saturated rings. The van der Waals surface area contributed by atoms with Crippen molar-refractivity contribution in [2.75, 3.05) is 13.1 Å². The Balaban J connectivity index is 1.36. The molecule has 32 heavy (non-hydrogen) atoms. The number of halogens is 2. The summed E-state index contributed by atoms with van der Waals surface area (Å²) in [7, 11) is 0. The third-order valence-corrected chi connectivity index (χ3v) is 5.91. The van der Waals surface area contributed by atoms with Crippen molar-refractivity contribution in [1.29, 1.82) is 0 Å². The van der Waals surface area contributed by atoms with E-state index < -0.39 is 23.3 Å². The number of rotatable bonds is 5. The van der Waals surface area contributed by atoms with Crippen LogP contribution < -0.4 is 0 Å². The largest absolute Gasteiger partial charge is 0.505 e. The Morgan fingerprint density at radius 1 is 0.875 bits per heavy atom. The van der Waals surface area contributed by atoms with Crippen molar-refractivity contribution in [1.82, 2.24) is 4.90 Å². The molecular formula is C26H23F2NO3. The van der Waals surface area contributed by atoms with E-state index in [-0.39, 0.29) is 17.3 Å². The molecule has 0 bridgehead atoms. The van der Waals surface area contributed by atoms with Gasteiger partial charge in [-0.05, 0) is 36.5 Å². The molecule has 1 heterocycles. The average Bonchev–Trinajstić information content (AvgIpc) is 2.82. The number of likely N-dealkylation sites (tertiary alicyclic amines) is 1. The topological polar surface area (TPSA) is 57.6 Å². The van der Waals surface area contributed by atoms with Gasteiger partial charge >= 0.3 is 0 Å². The molecule has 0 unspecified atom stereocenters. The standard InChI is InChI=1S/C26H23F2NO3/c27-22-16-23(28)24(30)15-21(22)26(32)29-12-10-20(11-13-29)25(31)19-8-6-18(7-9-19)14-17-4-2-1-3-5-17/h1-9,15-16,20,30H,10-14H2. The minimum atomic E-state index is -1.11. The lowest BCUT2D eigenvalue weighted by molar-refractivity contribution is 0.0646. The maximum absolute atomic E-state index is 14.0. The van der Waals surface area contributed by atoms with Gasteiger partial charge in [0.15, 0.2) is 17.3 Å². The number of Topliss-reactive ketones (excluding diaryl/α,β-unsaturated/α-hetero) is 1. The highest BCUT2D eigenvalue weighted by Crippen LogP contribution is 2.26. The number of carbonyl (C=O) groups excluding carboxylic acids is 2. The zero-order chi connectivity index (χ0) is 22.7. The molecule has 1 N–H and O–H groups in total. The second-order valence-corrected chi connectivity index (χ2v) is 8.07. The van der Waals surface area contributed by atoms with Crippen LogP contribution in [0, 0.1) is 17.6 Å². The second kappa shape index (κ2) is 9.30. The van der Waals surface area contributed by atoms with Gasteiger partial charge in [0.25, 0.3) is 5.91 Å². The fraction of sp³-hybridized carbons (Fsp3) is 0.231. The van der Waals surface area contributed by atoms with E-state index >= 15 is 0 Å². The number of aromatic hydroxyl groups is 1. The first-order chi connectivity index (χ1) is 15.4. The molecule has 3 aromatic carbocycles. The van der Waals surface area contributed by atoms with Crippen molar-refractivity contribution in [2.45, 2.75) is 19.3 Å². The zero-order valence-electron chi connectivity index (χ0n) is 17.4. The van der Waals surface area contributed by atoms with Crippen LogP contribution in [0.3, 0.4) is 0 Å². The van der Waals surface area contributed by atoms with Crippen LogP contribution in [-0.4, -0.2) is 34.8 Å². The lowest BCUT2D eigenvalue weighted by Crippen LogP contribution is -2.40. The van der Waals surface area contributed by atoms with Crippen LogP contribution in [0.5, 0.6) is 5.75 Å². The number of carbonyl (C=O) groups is 2. The van der Waals surface area contributed by atoms with Crippen molar-refractivity contribution in [3.05, 3.63) is 101 Å². The molecule has 0 radical (unpaired) electrons. The van der Waals surface area contributed by atoms with Gasteiger partial charge in [0.1, 0.15) is 5.82 Å². The molecule has 1 aliphatic rings. The number of phenolic OH excluding ortho intramolecular Hbond substituents is 1. The highest BCUT2D eigenvalue weighted by Gasteiger charge is 2.30. The van der Waals surface area contributed by atoms with E-state index in [2.05, 4.69) is 12.1 Å². The first-order valence-electron chi connectivity index (χ1n) is 10.6. The van der Waals surface area contributed by atoms with Gasteiger partial charge in [-0.25, -0.2) is 8.78 Å². The van der Waals surface area contributed by atoms with E-state index in [0.29, 0.717) is 37.6 Å². The number of piperidine rings is 1. The zero-order valence-corrected chi connectivity index (χ0v) is 17.4. The number of nitrogens with zero attached hydrogens (tertiary/aromatic N) is 1. The normalized spacial score (nSPS) is 14.4. The number of phenols is 1. The number of ketones is 1. The summed E-state index contributed by atoms with van der Waals surface area (Å²) in [5.41, 5.74) is 2.59. The molecule has 1 saturated heterocycles. The van der Waals surface area contributed by atoms with Crippen LogP contribution in [0.15, 0.2) is 66.7 Å². The summed E-state index contributed by atoms with van der Waals surface area (Å²) >= 11 is 0. The second-order valence-electron chi connectivity index (χ2n) is 8.07. The molecule has 1 amide bonds. The van der Waals surface area contributed by atoms with Crippen LogP contribution in [0.4, 0.5) is 8.78 Å². The monoisotopic (exact) mass is 435 g/mol. The van der Waals surface area contributed by atoms with Crippen molar-refractivity contribution < 1.29 is 23.5 Å². The molecule has 4 rings (SSSR count). The fourth-order valence-electron chi connectivity index (χ4n) is 4.07. The minimum absolute atomic E-state index is 0.0361. The Kier molecular flexibility index (Phi) is 6.30. The number of amides is 1. The molecule has 0 aromatic heterocycles. The predicted octanol–water partition coefficient (Wildman–Crippen LogP) is 5.00. The van der Waals surface area contributed by atoms with Gasteiger partial charge < -0.3 is 10.0 Å². The number of hydrogen-bond acceptors (Lipinski definition) is 3. The summed E-state index contributed by atoms with van der Waals surface area (Å²) in [5, 5.41) is 9.46. The first kappa shape index (κ1) is 21.7. The highest BCUT2D eigenvalue weighted by molar-refractivity contribution is 5.98. The van der Waals surface area contributed by atoms with Crippen molar-refractivity contribution >= 4 is 11.7 Å². The van der Waals surface area contributed by atoms with Crippen LogP contribution in [-0.2, 0) is 6.42 Å². The molecular weight excluding hydrogens is 412 g/mol. The van der Waals surface area contributed by atoms with Crippen molar-refractivity contribution in [3.8, 4) is 5.75 Å². The van der Waals surface area contributed by atoms with Crippen LogP contribution in [0.1, 0.15) is 44.7 Å². The van der Waals surface area contributed by atoms with E-state index in [1.165, 1.54) is 10.5 Å². The van der Waals surface area contributed by atoms with Crippen molar-refractivity contribution in [2.24, 2.45) is 5.92 Å². The molecule has 0 aliphatic carbocycles. The third kappa shape index (κ3) is 4.69. The van der Waals surface area contributed by atoms with Gasteiger partial charge in [-0.1, -0.05) is 54.6 Å². The molecule has 3 aromatic rings. The SMILES string of the molecule is O=C(c1ccc(Cc2ccccc2)cc1)C1CCN(C(=O)c2cc(O)c(F)cc2F)CC1. The summed E-state index contributed by atoms with van der Waals surface area (Å²) in [6.07, 6.45) is 1.72. The van der Waals surface area contributed by atoms with Gasteiger partial charge in [-0.2, -0.15) is 0 Å². The third-order valence-electron chi connectivity index (χ3n) is 5.91. The van der Waals surface area contributed by atoms with Crippen molar-refractivity contribution in [3.63, 3.8) is 0 Å². The van der Waals surface area contributed by atoms with Gasteiger partial charge in [0.05, 0.1) is 5.56 Å². The van der Waals surface area contributed by atoms with Crippen LogP contribution >= 0.6 is 0 Å². The molecule has 4 nitrogen and oxygen atoms in total. The van der Waals surface area contributed by atoms with Gasteiger partial charge in [0, 0.05) is 30.6 Å². The maximum Gasteiger partial charge on any atom is 0.256 e. The average molecular weight is 435 g/mol. The summed E-state index contributed by atoms with van der Waals surface area (Å²) in [6.45, 7) is 0.581. The Hall–Kier alpha value is -3.54. The first-order valence-corrected chi connectivity index (χ1v) is 10.6. The van der Waals surface area contributed by atoms with E-state index in [1.807, 2.05) is 42.5 Å². The van der Waals surface area contributed by atoms with E-state index in [9.17, 15) is 23.5 Å². The Bertz CT molecular complexity index is 1120. The lowest BCUT2D eigenvalue weighted by atomic mass is 9.88. The van der Waals surface area contributed by atoms with Gasteiger partial charge in [-0.3, -0.25) is 9.59 Å². The van der Waals surface area contributed by atoms with Gasteiger partial charge in [0.2, 0.25) is 0 Å². The van der Waals surface area contributed by atoms with E-state index in [0.717, 1.165) is 18.1 Å². The summed E-state index contributed by atoms with van der Waals surface area (Å²) in [4.78, 5) is 26.9. The minimum Gasteiger partial charge on any atom is -0.505 e. The van der Waals surface area contributed by atoms with Crippen LogP contribution in [0.25, 0.3) is 0 Å².